The summed E-state index contributed by atoms with van der Waals surface area (Å²) in [6, 6.07) is 5.75. The Bertz CT molecular complexity index is 592. The third-order valence-corrected chi connectivity index (χ3v) is 4.98. The number of rotatable bonds is 1. The van der Waals surface area contributed by atoms with Crippen LogP contribution in [0.15, 0.2) is 18.2 Å². The van der Waals surface area contributed by atoms with Gasteiger partial charge < -0.3 is 20.3 Å². The van der Waals surface area contributed by atoms with E-state index in [2.05, 4.69) is 31.0 Å². The van der Waals surface area contributed by atoms with Gasteiger partial charge in [0.05, 0.1) is 12.6 Å². The molecule has 1 atom stereocenters. The molecule has 1 aromatic carbocycles. The molecule has 1 fully saturated rings. The van der Waals surface area contributed by atoms with Gasteiger partial charge in [-0.15, -0.1) is 0 Å². The van der Waals surface area contributed by atoms with E-state index in [9.17, 15) is 4.79 Å². The van der Waals surface area contributed by atoms with Gasteiger partial charge in [-0.25, -0.2) is 0 Å². The molecule has 1 aromatic rings. The highest BCUT2D eigenvalue weighted by molar-refractivity contribution is 5.81. The first-order valence-corrected chi connectivity index (χ1v) is 8.40. The summed E-state index contributed by atoms with van der Waals surface area (Å²) in [6.07, 6.45) is 1.86. The number of carbonyl (C=O) groups is 1. The monoisotopic (exact) mass is 317 g/mol. The Hall–Kier alpha value is -1.59. The SMILES string of the molecule is Cc1ccc2c(c1)CN(C(=O)C(C)N)CC1(CCN(C)CC1)O2. The van der Waals surface area contributed by atoms with Crippen LogP contribution in [0.5, 0.6) is 5.75 Å². The van der Waals surface area contributed by atoms with Crippen LogP contribution in [-0.4, -0.2) is 54.0 Å². The quantitative estimate of drug-likeness (QED) is 0.853. The van der Waals surface area contributed by atoms with Gasteiger partial charge in [0, 0.05) is 38.0 Å². The lowest BCUT2D eigenvalue weighted by molar-refractivity contribution is -0.136. The van der Waals surface area contributed by atoms with E-state index in [1.54, 1.807) is 6.92 Å². The first-order chi connectivity index (χ1) is 10.9. The molecule has 126 valence electrons. The van der Waals surface area contributed by atoms with Crippen molar-refractivity contribution in [3.63, 3.8) is 0 Å². The zero-order valence-corrected chi connectivity index (χ0v) is 14.3. The second-order valence-corrected chi connectivity index (χ2v) is 7.18. The number of ether oxygens (including phenoxy) is 1. The van der Waals surface area contributed by atoms with E-state index in [1.165, 1.54) is 5.56 Å². The van der Waals surface area contributed by atoms with Crippen LogP contribution in [0.25, 0.3) is 0 Å². The van der Waals surface area contributed by atoms with Crippen LogP contribution in [0.1, 0.15) is 30.9 Å². The normalized spacial score (nSPS) is 22.2. The zero-order chi connectivity index (χ0) is 16.6. The van der Waals surface area contributed by atoms with Crippen LogP contribution < -0.4 is 10.5 Å². The lowest BCUT2D eigenvalue weighted by Gasteiger charge is -2.42. The van der Waals surface area contributed by atoms with Crippen molar-refractivity contribution < 1.29 is 9.53 Å². The third-order valence-electron chi connectivity index (χ3n) is 4.98. The molecule has 5 nitrogen and oxygen atoms in total. The molecule has 23 heavy (non-hydrogen) atoms. The minimum Gasteiger partial charge on any atom is -0.485 e. The molecule has 2 N–H and O–H groups in total. The molecule has 2 aliphatic rings. The highest BCUT2D eigenvalue weighted by atomic mass is 16.5. The van der Waals surface area contributed by atoms with Crippen LogP contribution in [0.2, 0.25) is 0 Å². The summed E-state index contributed by atoms with van der Waals surface area (Å²) in [7, 11) is 2.13. The van der Waals surface area contributed by atoms with Crippen molar-refractivity contribution in [2.45, 2.75) is 44.9 Å². The second-order valence-electron chi connectivity index (χ2n) is 7.18. The fraction of sp³-hybridized carbons (Fsp3) is 0.611. The number of carbonyl (C=O) groups excluding carboxylic acids is 1. The highest BCUT2D eigenvalue weighted by Gasteiger charge is 2.41. The van der Waals surface area contributed by atoms with E-state index in [1.807, 2.05) is 11.0 Å². The van der Waals surface area contributed by atoms with Crippen molar-refractivity contribution in [1.82, 2.24) is 9.80 Å². The summed E-state index contributed by atoms with van der Waals surface area (Å²) in [5, 5.41) is 0. The Balaban J connectivity index is 1.96. The fourth-order valence-corrected chi connectivity index (χ4v) is 3.54. The molecule has 0 saturated carbocycles. The molecule has 2 heterocycles. The Kier molecular flexibility index (Phi) is 4.34. The van der Waals surface area contributed by atoms with Crippen LogP contribution in [-0.2, 0) is 11.3 Å². The first-order valence-electron chi connectivity index (χ1n) is 8.40. The zero-order valence-electron chi connectivity index (χ0n) is 14.3. The smallest absolute Gasteiger partial charge is 0.239 e. The van der Waals surface area contributed by atoms with E-state index >= 15 is 0 Å². The highest BCUT2D eigenvalue weighted by Crippen LogP contribution is 2.35. The summed E-state index contributed by atoms with van der Waals surface area (Å²) >= 11 is 0. The molecule has 1 unspecified atom stereocenters. The van der Waals surface area contributed by atoms with Crippen LogP contribution in [0.4, 0.5) is 0 Å². The number of amides is 1. The molecular weight excluding hydrogens is 290 g/mol. The van der Waals surface area contributed by atoms with E-state index in [0.717, 1.165) is 37.2 Å². The summed E-state index contributed by atoms with van der Waals surface area (Å²) in [6.45, 7) is 6.99. The van der Waals surface area contributed by atoms with E-state index in [0.29, 0.717) is 13.1 Å². The second kappa shape index (κ2) is 6.13. The number of fused-ring (bicyclic) bond motifs is 1. The Morgan fingerprint density at radius 1 is 1.35 bits per heavy atom. The molecule has 1 spiro atoms. The van der Waals surface area contributed by atoms with Crippen LogP contribution in [0, 0.1) is 6.92 Å². The molecule has 0 radical (unpaired) electrons. The number of hydrogen-bond donors (Lipinski definition) is 1. The number of piperidine rings is 1. The van der Waals surface area contributed by atoms with Gasteiger partial charge in [0.2, 0.25) is 5.91 Å². The van der Waals surface area contributed by atoms with Gasteiger partial charge in [0.15, 0.2) is 0 Å². The summed E-state index contributed by atoms with van der Waals surface area (Å²) in [5.41, 5.74) is 7.83. The topological polar surface area (TPSA) is 58.8 Å². The van der Waals surface area contributed by atoms with E-state index < -0.39 is 6.04 Å². The maximum Gasteiger partial charge on any atom is 0.239 e. The van der Waals surface area contributed by atoms with Gasteiger partial charge in [0.25, 0.3) is 0 Å². The number of benzene rings is 1. The number of nitrogens with zero attached hydrogens (tertiary/aromatic N) is 2. The lowest BCUT2D eigenvalue weighted by Crippen LogP contribution is -2.55. The van der Waals surface area contributed by atoms with Crippen molar-refractivity contribution in [1.29, 1.82) is 0 Å². The standard InChI is InChI=1S/C18H27N3O2/c1-13-4-5-16-15(10-13)11-21(17(22)14(2)19)12-18(23-16)6-8-20(3)9-7-18/h4-5,10,14H,6-9,11-12,19H2,1-3H3. The third kappa shape index (κ3) is 3.35. The molecule has 0 bridgehead atoms. The summed E-state index contributed by atoms with van der Waals surface area (Å²) in [4.78, 5) is 16.8. The van der Waals surface area contributed by atoms with Gasteiger partial charge in [-0.2, -0.15) is 0 Å². The van der Waals surface area contributed by atoms with Gasteiger partial charge in [-0.1, -0.05) is 17.7 Å². The van der Waals surface area contributed by atoms with Gasteiger partial charge in [-0.05, 0) is 27.0 Å². The Labute approximate surface area is 138 Å². The molecule has 0 aromatic heterocycles. The average Bonchev–Trinajstić information content (AvgIpc) is 2.66. The molecule has 3 rings (SSSR count). The van der Waals surface area contributed by atoms with Gasteiger partial charge in [-0.3, -0.25) is 4.79 Å². The number of aryl methyl sites for hydroxylation is 1. The lowest BCUT2D eigenvalue weighted by atomic mass is 9.90. The molecule has 1 amide bonds. The first kappa shape index (κ1) is 16.3. The minimum atomic E-state index is -0.482. The van der Waals surface area contributed by atoms with E-state index in [4.69, 9.17) is 10.5 Å². The predicted molar refractivity (Wildman–Crippen MR) is 90.3 cm³/mol. The van der Waals surface area contributed by atoms with Gasteiger partial charge >= 0.3 is 0 Å². The van der Waals surface area contributed by atoms with E-state index in [-0.39, 0.29) is 11.5 Å². The van der Waals surface area contributed by atoms with Crippen molar-refractivity contribution >= 4 is 5.91 Å². The molecule has 5 heteroatoms. The van der Waals surface area contributed by atoms with Crippen LogP contribution >= 0.6 is 0 Å². The maximum absolute atomic E-state index is 12.6. The molecule has 1 saturated heterocycles. The van der Waals surface area contributed by atoms with Crippen molar-refractivity contribution in [3.05, 3.63) is 29.3 Å². The fourth-order valence-electron chi connectivity index (χ4n) is 3.54. The largest absolute Gasteiger partial charge is 0.485 e. The van der Waals surface area contributed by atoms with Gasteiger partial charge in [0.1, 0.15) is 11.4 Å². The van der Waals surface area contributed by atoms with Crippen molar-refractivity contribution in [2.75, 3.05) is 26.7 Å². The number of likely N-dealkylation sites (tertiary alicyclic amines) is 1. The number of nitrogens with two attached hydrogens (primary N) is 1. The number of hydrogen-bond acceptors (Lipinski definition) is 4. The molecular formula is C18H27N3O2. The minimum absolute atomic E-state index is 0.00117. The average molecular weight is 317 g/mol. The maximum atomic E-state index is 12.6. The van der Waals surface area contributed by atoms with Crippen LogP contribution in [0.3, 0.4) is 0 Å². The van der Waals surface area contributed by atoms with Crippen molar-refractivity contribution in [2.24, 2.45) is 5.73 Å². The predicted octanol–water partition coefficient (Wildman–Crippen LogP) is 1.53. The molecule has 0 aliphatic carbocycles. The van der Waals surface area contributed by atoms with Crippen molar-refractivity contribution in [3.8, 4) is 5.75 Å². The molecule has 2 aliphatic heterocycles. The summed E-state index contributed by atoms with van der Waals surface area (Å²) in [5.74, 6) is 0.918. The summed E-state index contributed by atoms with van der Waals surface area (Å²) < 4.78 is 6.49. The Morgan fingerprint density at radius 3 is 2.70 bits per heavy atom. The Morgan fingerprint density at radius 2 is 2.04 bits per heavy atom.